The van der Waals surface area contributed by atoms with E-state index in [1.807, 2.05) is 0 Å². The first-order valence-electron chi connectivity index (χ1n) is 9.71. The molecule has 2 N–H and O–H groups in total. The Bertz CT molecular complexity index is 1270. The number of benzene rings is 3. The molecule has 0 aliphatic heterocycles. The molecule has 2 amide bonds. The van der Waals surface area contributed by atoms with Gasteiger partial charge in [-0.1, -0.05) is 22.0 Å². The minimum absolute atomic E-state index is 0.112. The van der Waals surface area contributed by atoms with Crippen molar-refractivity contribution in [1.29, 1.82) is 0 Å². The van der Waals surface area contributed by atoms with Gasteiger partial charge in [0.05, 0.1) is 16.7 Å². The van der Waals surface area contributed by atoms with E-state index in [9.17, 15) is 24.5 Å². The van der Waals surface area contributed by atoms with Crippen molar-refractivity contribution in [3.05, 3.63) is 98.0 Å². The Balaban J connectivity index is 1.78. The van der Waals surface area contributed by atoms with Gasteiger partial charge in [0.25, 0.3) is 5.91 Å². The predicted molar refractivity (Wildman–Crippen MR) is 128 cm³/mol. The number of anilines is 1. The van der Waals surface area contributed by atoms with Crippen LogP contribution >= 0.6 is 15.9 Å². The molecule has 0 spiro atoms. The molecule has 11 heteroatoms. The van der Waals surface area contributed by atoms with Gasteiger partial charge in [0, 0.05) is 34.3 Å². The molecule has 0 atom stereocenters. The molecule has 3 rings (SSSR count). The lowest BCUT2D eigenvalue weighted by molar-refractivity contribution is -0.385. The van der Waals surface area contributed by atoms with E-state index in [1.165, 1.54) is 49.4 Å². The molecule has 0 bridgehead atoms. The molecule has 34 heavy (non-hydrogen) atoms. The van der Waals surface area contributed by atoms with Crippen LogP contribution in [-0.4, -0.2) is 28.9 Å². The summed E-state index contributed by atoms with van der Waals surface area (Å²) >= 11 is 3.26. The molecule has 0 heterocycles. The summed E-state index contributed by atoms with van der Waals surface area (Å²) in [7, 11) is 0. The van der Waals surface area contributed by atoms with Gasteiger partial charge in [-0.05, 0) is 54.6 Å². The standard InChI is InChI=1S/C23H17BrN4O6/c1-14(29)26-19-11-7-15(8-12-19)22(30)27-25-13-17-3-2-4-20(28(32)33)21(17)34-23(31)16-5-9-18(24)10-6-16/h2-13H,1H3,(H,26,29)(H,27,30)/b25-13+. The molecule has 0 saturated carbocycles. The highest BCUT2D eigenvalue weighted by atomic mass is 79.9. The summed E-state index contributed by atoms with van der Waals surface area (Å²) in [6.45, 7) is 1.37. The van der Waals surface area contributed by atoms with E-state index in [0.29, 0.717) is 5.69 Å². The number of para-hydroxylation sites is 1. The van der Waals surface area contributed by atoms with Crippen LogP contribution in [0.25, 0.3) is 0 Å². The molecule has 10 nitrogen and oxygen atoms in total. The van der Waals surface area contributed by atoms with E-state index in [-0.39, 0.29) is 28.3 Å². The zero-order valence-electron chi connectivity index (χ0n) is 17.7. The van der Waals surface area contributed by atoms with E-state index < -0.39 is 22.5 Å². The Morgan fingerprint density at radius 1 is 1.00 bits per heavy atom. The van der Waals surface area contributed by atoms with Crippen LogP contribution in [0, 0.1) is 10.1 Å². The van der Waals surface area contributed by atoms with E-state index >= 15 is 0 Å². The molecule has 3 aromatic carbocycles. The van der Waals surface area contributed by atoms with Gasteiger partial charge < -0.3 is 10.1 Å². The van der Waals surface area contributed by atoms with Crippen LogP contribution < -0.4 is 15.5 Å². The molecule has 3 aromatic rings. The molecule has 0 aliphatic carbocycles. The number of carbonyl (C=O) groups is 3. The van der Waals surface area contributed by atoms with Crippen LogP contribution in [0.15, 0.2) is 76.3 Å². The van der Waals surface area contributed by atoms with E-state index in [2.05, 4.69) is 31.8 Å². The molecule has 0 aromatic heterocycles. The summed E-state index contributed by atoms with van der Waals surface area (Å²) in [6.07, 6.45) is 1.14. The number of nitrogens with zero attached hydrogens (tertiary/aromatic N) is 2. The van der Waals surface area contributed by atoms with Crippen LogP contribution in [-0.2, 0) is 4.79 Å². The molecule has 0 saturated heterocycles. The predicted octanol–water partition coefficient (Wildman–Crippen LogP) is 4.30. The summed E-state index contributed by atoms with van der Waals surface area (Å²) in [5.41, 5.74) is 2.97. The number of nitro benzene ring substituents is 1. The molecule has 0 aliphatic rings. The van der Waals surface area contributed by atoms with Crippen molar-refractivity contribution in [1.82, 2.24) is 5.43 Å². The SMILES string of the molecule is CC(=O)Nc1ccc(C(=O)N/N=C/c2cccc([N+](=O)[O-])c2OC(=O)c2ccc(Br)cc2)cc1. The van der Waals surface area contributed by atoms with Crippen LogP contribution in [0.5, 0.6) is 5.75 Å². The number of hydrazone groups is 1. The zero-order valence-corrected chi connectivity index (χ0v) is 19.2. The third-order valence-corrected chi connectivity index (χ3v) is 4.86. The first kappa shape index (κ1) is 24.3. The third kappa shape index (κ3) is 6.33. The highest BCUT2D eigenvalue weighted by Crippen LogP contribution is 2.31. The van der Waals surface area contributed by atoms with Crippen molar-refractivity contribution in [3.63, 3.8) is 0 Å². The van der Waals surface area contributed by atoms with Gasteiger partial charge in [0.15, 0.2) is 0 Å². The Labute approximate surface area is 201 Å². The van der Waals surface area contributed by atoms with Gasteiger partial charge >= 0.3 is 11.7 Å². The van der Waals surface area contributed by atoms with Gasteiger partial charge in [-0.25, -0.2) is 10.2 Å². The van der Waals surface area contributed by atoms with E-state index in [1.54, 1.807) is 24.3 Å². The first-order chi connectivity index (χ1) is 16.2. The number of esters is 1. The largest absolute Gasteiger partial charge is 0.415 e. The lowest BCUT2D eigenvalue weighted by Crippen LogP contribution is -2.18. The smallest absolute Gasteiger partial charge is 0.343 e. The molecular weight excluding hydrogens is 508 g/mol. The number of carbonyl (C=O) groups excluding carboxylic acids is 3. The van der Waals surface area contributed by atoms with Gasteiger partial charge in [-0.3, -0.25) is 19.7 Å². The number of nitrogens with one attached hydrogen (secondary N) is 2. The van der Waals surface area contributed by atoms with Crippen molar-refractivity contribution in [2.24, 2.45) is 5.10 Å². The van der Waals surface area contributed by atoms with Crippen molar-refractivity contribution < 1.29 is 24.0 Å². The summed E-state index contributed by atoms with van der Waals surface area (Å²) < 4.78 is 6.07. The second kappa shape index (κ2) is 11.0. The lowest BCUT2D eigenvalue weighted by atomic mass is 10.2. The minimum atomic E-state index is -0.792. The Kier molecular flexibility index (Phi) is 7.83. The number of ether oxygens (including phenoxy) is 1. The number of rotatable bonds is 7. The number of hydrogen-bond acceptors (Lipinski definition) is 7. The second-order valence-electron chi connectivity index (χ2n) is 6.81. The Hall–Kier alpha value is -4.38. The summed E-state index contributed by atoms with van der Waals surface area (Å²) in [5.74, 6) is -1.89. The minimum Gasteiger partial charge on any atom is -0.415 e. The number of halogens is 1. The van der Waals surface area contributed by atoms with Gasteiger partial charge in [0.2, 0.25) is 11.7 Å². The van der Waals surface area contributed by atoms with Crippen molar-refractivity contribution in [3.8, 4) is 5.75 Å². The highest BCUT2D eigenvalue weighted by Gasteiger charge is 2.22. The average Bonchev–Trinajstić information content (AvgIpc) is 2.80. The van der Waals surface area contributed by atoms with Gasteiger partial charge in [0.1, 0.15) is 0 Å². The Morgan fingerprint density at radius 2 is 1.65 bits per heavy atom. The summed E-state index contributed by atoms with van der Waals surface area (Å²) in [6, 6.07) is 16.4. The zero-order chi connectivity index (χ0) is 24.7. The topological polar surface area (TPSA) is 140 Å². The Morgan fingerprint density at radius 3 is 2.26 bits per heavy atom. The van der Waals surface area contributed by atoms with Crippen molar-refractivity contribution in [2.45, 2.75) is 6.92 Å². The van der Waals surface area contributed by atoms with Crippen molar-refractivity contribution in [2.75, 3.05) is 5.32 Å². The fraction of sp³-hybridized carbons (Fsp3) is 0.0435. The van der Waals surface area contributed by atoms with E-state index in [4.69, 9.17) is 4.74 Å². The third-order valence-electron chi connectivity index (χ3n) is 4.33. The molecular formula is C23H17BrN4O6. The maximum absolute atomic E-state index is 12.5. The van der Waals surface area contributed by atoms with Crippen LogP contribution in [0.2, 0.25) is 0 Å². The maximum atomic E-state index is 12.5. The molecule has 0 radical (unpaired) electrons. The normalized spacial score (nSPS) is 10.5. The maximum Gasteiger partial charge on any atom is 0.343 e. The van der Waals surface area contributed by atoms with Crippen LogP contribution in [0.3, 0.4) is 0 Å². The monoisotopic (exact) mass is 524 g/mol. The first-order valence-corrected chi connectivity index (χ1v) is 10.5. The van der Waals surface area contributed by atoms with Gasteiger partial charge in [-0.15, -0.1) is 0 Å². The summed E-state index contributed by atoms with van der Waals surface area (Å²) in [5, 5.41) is 17.9. The fourth-order valence-electron chi connectivity index (χ4n) is 2.77. The number of nitro groups is 1. The molecule has 0 unspecified atom stereocenters. The average molecular weight is 525 g/mol. The molecule has 172 valence electrons. The highest BCUT2D eigenvalue weighted by molar-refractivity contribution is 9.10. The van der Waals surface area contributed by atoms with Crippen LogP contribution in [0.1, 0.15) is 33.2 Å². The summed E-state index contributed by atoms with van der Waals surface area (Å²) in [4.78, 5) is 46.7. The second-order valence-corrected chi connectivity index (χ2v) is 7.72. The van der Waals surface area contributed by atoms with Crippen LogP contribution in [0.4, 0.5) is 11.4 Å². The quantitative estimate of drug-likeness (QED) is 0.155. The van der Waals surface area contributed by atoms with E-state index in [0.717, 1.165) is 10.7 Å². The van der Waals surface area contributed by atoms with Crippen molar-refractivity contribution >= 4 is 51.3 Å². The number of amides is 2. The van der Waals surface area contributed by atoms with Gasteiger partial charge in [-0.2, -0.15) is 5.10 Å². The lowest BCUT2D eigenvalue weighted by Gasteiger charge is -2.08. The number of hydrogen-bond donors (Lipinski definition) is 2. The molecule has 0 fully saturated rings. The fourth-order valence-corrected chi connectivity index (χ4v) is 3.03.